The van der Waals surface area contributed by atoms with Crippen LogP contribution in [0.5, 0.6) is 0 Å². The van der Waals surface area contributed by atoms with E-state index in [1.807, 2.05) is 0 Å². The van der Waals surface area contributed by atoms with Crippen molar-refractivity contribution in [3.8, 4) is 0 Å². The van der Waals surface area contributed by atoms with Gasteiger partial charge < -0.3 is 10.6 Å². The van der Waals surface area contributed by atoms with Gasteiger partial charge in [0.2, 0.25) is 5.91 Å². The molecule has 0 spiro atoms. The first-order chi connectivity index (χ1) is 8.58. The van der Waals surface area contributed by atoms with Gasteiger partial charge in [0.25, 0.3) is 5.91 Å². The predicted octanol–water partition coefficient (Wildman–Crippen LogP) is 1.95. The van der Waals surface area contributed by atoms with Crippen LogP contribution in [0.2, 0.25) is 5.02 Å². The number of piperidine rings is 1. The molecule has 0 radical (unpaired) electrons. The van der Waals surface area contributed by atoms with Gasteiger partial charge >= 0.3 is 0 Å². The highest BCUT2D eigenvalue weighted by molar-refractivity contribution is 14.1. The van der Waals surface area contributed by atoms with Crippen LogP contribution in [-0.2, 0) is 4.79 Å². The Balaban J connectivity index is 2.07. The van der Waals surface area contributed by atoms with Crippen LogP contribution in [0, 0.1) is 3.57 Å². The fourth-order valence-electron chi connectivity index (χ4n) is 1.79. The Morgan fingerprint density at radius 1 is 1.50 bits per heavy atom. The number of carbonyl (C=O) groups is 2. The number of hydrogen-bond donors (Lipinski definition) is 2. The average Bonchev–Trinajstić information content (AvgIpc) is 2.35. The van der Waals surface area contributed by atoms with Crippen LogP contribution >= 0.6 is 34.2 Å². The van der Waals surface area contributed by atoms with Gasteiger partial charge in [0.05, 0.1) is 5.02 Å². The number of amides is 2. The maximum Gasteiger partial charge on any atom is 0.251 e. The van der Waals surface area contributed by atoms with Gasteiger partial charge in [-0.2, -0.15) is 0 Å². The molecule has 6 heteroatoms. The minimum absolute atomic E-state index is 0.119. The van der Waals surface area contributed by atoms with Crippen LogP contribution in [0.4, 0.5) is 0 Å². The molecule has 1 aliphatic heterocycles. The average molecular weight is 379 g/mol. The Kier molecular flexibility index (Phi) is 4.45. The molecule has 1 aromatic carbocycles. The molecule has 18 heavy (non-hydrogen) atoms. The molecule has 0 bridgehead atoms. The summed E-state index contributed by atoms with van der Waals surface area (Å²) < 4.78 is 0.890. The van der Waals surface area contributed by atoms with Crippen LogP contribution in [0.1, 0.15) is 23.2 Å². The highest BCUT2D eigenvalue weighted by atomic mass is 127. The summed E-state index contributed by atoms with van der Waals surface area (Å²) in [6.45, 7) is 0.681. The summed E-state index contributed by atoms with van der Waals surface area (Å²) in [5, 5.41) is 5.99. The van der Waals surface area contributed by atoms with Crippen molar-refractivity contribution in [2.75, 3.05) is 6.54 Å². The topological polar surface area (TPSA) is 58.2 Å². The molecular weight excluding hydrogens is 367 g/mol. The van der Waals surface area contributed by atoms with E-state index in [2.05, 4.69) is 33.2 Å². The second-order valence-corrected chi connectivity index (χ2v) is 5.66. The molecule has 2 rings (SSSR count). The second kappa shape index (κ2) is 5.88. The zero-order valence-electron chi connectivity index (χ0n) is 9.50. The van der Waals surface area contributed by atoms with Crippen molar-refractivity contribution in [2.45, 2.75) is 18.9 Å². The summed E-state index contributed by atoms with van der Waals surface area (Å²) in [4.78, 5) is 23.5. The van der Waals surface area contributed by atoms with Crippen molar-refractivity contribution in [1.29, 1.82) is 0 Å². The van der Waals surface area contributed by atoms with Gasteiger partial charge in [-0.05, 0) is 53.6 Å². The van der Waals surface area contributed by atoms with Crippen LogP contribution in [0.25, 0.3) is 0 Å². The summed E-state index contributed by atoms with van der Waals surface area (Å²) >= 11 is 8.06. The molecule has 0 saturated carbocycles. The summed E-state index contributed by atoms with van der Waals surface area (Å²) in [6, 6.07) is 4.64. The third kappa shape index (κ3) is 3.14. The number of rotatable bonds is 2. The summed E-state index contributed by atoms with van der Waals surface area (Å²) in [7, 11) is 0. The highest BCUT2D eigenvalue weighted by Gasteiger charge is 2.24. The Morgan fingerprint density at radius 3 is 2.94 bits per heavy atom. The molecule has 0 aromatic heterocycles. The van der Waals surface area contributed by atoms with Gasteiger partial charge in [-0.25, -0.2) is 0 Å². The number of nitrogens with one attached hydrogen (secondary N) is 2. The molecule has 1 fully saturated rings. The van der Waals surface area contributed by atoms with Gasteiger partial charge in [0.15, 0.2) is 0 Å². The van der Waals surface area contributed by atoms with Crippen molar-refractivity contribution in [2.24, 2.45) is 0 Å². The standard InChI is InChI=1S/C12H12ClIN2O2/c13-8-6-7(3-4-9(8)14)11(17)16-10-2-1-5-15-12(10)18/h3-4,6,10H,1-2,5H2,(H,15,18)(H,16,17). The Morgan fingerprint density at radius 2 is 2.28 bits per heavy atom. The number of benzene rings is 1. The first kappa shape index (κ1) is 13.6. The Bertz CT molecular complexity index is 493. The van der Waals surface area contributed by atoms with E-state index >= 15 is 0 Å². The third-order valence-corrected chi connectivity index (χ3v) is 4.34. The van der Waals surface area contributed by atoms with Crippen molar-refractivity contribution in [3.05, 3.63) is 32.4 Å². The molecule has 2 N–H and O–H groups in total. The molecule has 2 amide bonds. The van der Waals surface area contributed by atoms with Gasteiger partial charge in [0.1, 0.15) is 6.04 Å². The van der Waals surface area contributed by atoms with Crippen molar-refractivity contribution < 1.29 is 9.59 Å². The van der Waals surface area contributed by atoms with Gasteiger partial charge in [-0.1, -0.05) is 11.6 Å². The fourth-order valence-corrected chi connectivity index (χ4v) is 2.30. The summed E-state index contributed by atoms with van der Waals surface area (Å²) in [6.07, 6.45) is 1.56. The van der Waals surface area contributed by atoms with E-state index in [-0.39, 0.29) is 11.8 Å². The van der Waals surface area contributed by atoms with Gasteiger partial charge in [-0.15, -0.1) is 0 Å². The molecule has 1 saturated heterocycles. The van der Waals surface area contributed by atoms with Gasteiger partial charge in [-0.3, -0.25) is 9.59 Å². The molecule has 1 heterocycles. The lowest BCUT2D eigenvalue weighted by molar-refractivity contribution is -0.124. The lowest BCUT2D eigenvalue weighted by Gasteiger charge is -2.22. The predicted molar refractivity (Wildman–Crippen MR) is 77.7 cm³/mol. The normalized spacial score (nSPS) is 19.2. The van der Waals surface area contributed by atoms with E-state index in [1.54, 1.807) is 18.2 Å². The van der Waals surface area contributed by atoms with Crippen LogP contribution < -0.4 is 10.6 Å². The first-order valence-corrected chi connectivity index (χ1v) is 7.07. The van der Waals surface area contributed by atoms with Crippen LogP contribution in [-0.4, -0.2) is 24.4 Å². The largest absolute Gasteiger partial charge is 0.354 e. The zero-order chi connectivity index (χ0) is 13.1. The van der Waals surface area contributed by atoms with E-state index in [1.165, 1.54) is 0 Å². The van der Waals surface area contributed by atoms with Crippen LogP contribution in [0.15, 0.2) is 18.2 Å². The highest BCUT2D eigenvalue weighted by Crippen LogP contribution is 2.19. The van der Waals surface area contributed by atoms with Crippen LogP contribution in [0.3, 0.4) is 0 Å². The molecular formula is C12H12ClIN2O2. The SMILES string of the molecule is O=C(NC1CCCNC1=O)c1ccc(I)c(Cl)c1. The Labute approximate surface area is 124 Å². The maximum atomic E-state index is 12.0. The maximum absolute atomic E-state index is 12.0. The minimum Gasteiger partial charge on any atom is -0.354 e. The third-order valence-electron chi connectivity index (χ3n) is 2.77. The molecule has 1 aromatic rings. The molecule has 96 valence electrons. The smallest absolute Gasteiger partial charge is 0.251 e. The molecule has 1 unspecified atom stereocenters. The van der Waals surface area contributed by atoms with E-state index in [0.717, 1.165) is 9.99 Å². The molecule has 4 nitrogen and oxygen atoms in total. The van der Waals surface area contributed by atoms with Gasteiger partial charge in [0, 0.05) is 15.7 Å². The quantitative estimate of drug-likeness (QED) is 0.773. The lowest BCUT2D eigenvalue weighted by atomic mass is 10.1. The minimum atomic E-state index is -0.440. The number of halogens is 2. The van der Waals surface area contributed by atoms with E-state index in [9.17, 15) is 9.59 Å². The van der Waals surface area contributed by atoms with E-state index < -0.39 is 6.04 Å². The lowest BCUT2D eigenvalue weighted by Crippen LogP contribution is -2.50. The molecule has 1 aliphatic rings. The molecule has 1 atom stereocenters. The molecule has 0 aliphatic carbocycles. The van der Waals surface area contributed by atoms with Crippen molar-refractivity contribution in [1.82, 2.24) is 10.6 Å². The van der Waals surface area contributed by atoms with E-state index in [4.69, 9.17) is 11.6 Å². The summed E-state index contributed by atoms with van der Waals surface area (Å²) in [5.41, 5.74) is 0.471. The van der Waals surface area contributed by atoms with Crippen molar-refractivity contribution >= 4 is 46.0 Å². The zero-order valence-corrected chi connectivity index (χ0v) is 12.4. The van der Waals surface area contributed by atoms with E-state index in [0.29, 0.717) is 23.6 Å². The monoisotopic (exact) mass is 378 g/mol. The first-order valence-electron chi connectivity index (χ1n) is 5.61. The Hall–Kier alpha value is -0.820. The number of hydrogen-bond acceptors (Lipinski definition) is 2. The van der Waals surface area contributed by atoms with Crippen molar-refractivity contribution in [3.63, 3.8) is 0 Å². The number of carbonyl (C=O) groups excluding carboxylic acids is 2. The summed E-state index contributed by atoms with van der Waals surface area (Å²) in [5.74, 6) is -0.387. The fraction of sp³-hybridized carbons (Fsp3) is 0.333. The second-order valence-electron chi connectivity index (χ2n) is 4.09.